The van der Waals surface area contributed by atoms with Gasteiger partial charge in [0.05, 0.1) is 22.6 Å². The van der Waals surface area contributed by atoms with Gasteiger partial charge in [0, 0.05) is 6.07 Å². The number of ether oxygens (including phenoxy) is 1. The Labute approximate surface area is 110 Å². The smallest absolute Gasteiger partial charge is 0.312 e. The standard InChI is InChI=1S/C12H12N4O3/c1-12(7-14,15-2)8-19-11-4-3-9(6-13)5-10(11)16(17)18/h3-5,15H,8H2,1-2H3. The van der Waals surface area contributed by atoms with Crippen molar-refractivity contribution in [3.8, 4) is 17.9 Å². The summed E-state index contributed by atoms with van der Waals surface area (Å²) in [5.74, 6) is 0.0284. The van der Waals surface area contributed by atoms with E-state index in [2.05, 4.69) is 5.32 Å². The fraction of sp³-hybridized carbons (Fsp3) is 0.333. The Bertz CT molecular complexity index is 573. The molecule has 1 aromatic carbocycles. The molecule has 0 fully saturated rings. The van der Waals surface area contributed by atoms with Gasteiger partial charge in [-0.15, -0.1) is 0 Å². The summed E-state index contributed by atoms with van der Waals surface area (Å²) in [7, 11) is 1.60. The molecule has 0 aliphatic rings. The van der Waals surface area contributed by atoms with E-state index in [4.69, 9.17) is 15.3 Å². The lowest BCUT2D eigenvalue weighted by Gasteiger charge is -2.20. The van der Waals surface area contributed by atoms with Crippen molar-refractivity contribution in [3.05, 3.63) is 33.9 Å². The maximum atomic E-state index is 10.9. The number of nitrogens with one attached hydrogen (secondary N) is 1. The lowest BCUT2D eigenvalue weighted by Crippen LogP contribution is -2.43. The molecule has 1 unspecified atom stereocenters. The quantitative estimate of drug-likeness (QED) is 0.631. The van der Waals surface area contributed by atoms with Crippen LogP contribution in [0.2, 0.25) is 0 Å². The normalized spacial score (nSPS) is 12.8. The van der Waals surface area contributed by atoms with Gasteiger partial charge in [0.15, 0.2) is 5.75 Å². The van der Waals surface area contributed by atoms with Gasteiger partial charge in [-0.1, -0.05) is 0 Å². The van der Waals surface area contributed by atoms with Crippen LogP contribution in [0.3, 0.4) is 0 Å². The Morgan fingerprint density at radius 2 is 2.21 bits per heavy atom. The molecule has 0 saturated carbocycles. The molecule has 0 aliphatic heterocycles. The van der Waals surface area contributed by atoms with Crippen molar-refractivity contribution in [2.75, 3.05) is 13.7 Å². The van der Waals surface area contributed by atoms with Gasteiger partial charge < -0.3 is 4.74 Å². The fourth-order valence-electron chi connectivity index (χ4n) is 1.23. The van der Waals surface area contributed by atoms with E-state index in [0.717, 1.165) is 6.07 Å². The van der Waals surface area contributed by atoms with Gasteiger partial charge in [0.1, 0.15) is 12.1 Å². The summed E-state index contributed by atoms with van der Waals surface area (Å²) in [5.41, 5.74) is -1.06. The average molecular weight is 260 g/mol. The monoisotopic (exact) mass is 260 g/mol. The summed E-state index contributed by atoms with van der Waals surface area (Å²) >= 11 is 0. The number of likely N-dealkylation sites (N-methyl/N-ethyl adjacent to an activating group) is 1. The number of nitrogens with zero attached hydrogens (tertiary/aromatic N) is 3. The highest BCUT2D eigenvalue weighted by molar-refractivity contribution is 5.51. The molecule has 1 aromatic rings. The van der Waals surface area contributed by atoms with Gasteiger partial charge in [0.25, 0.3) is 0 Å². The Morgan fingerprint density at radius 1 is 1.53 bits per heavy atom. The molecule has 7 nitrogen and oxygen atoms in total. The number of rotatable bonds is 5. The second-order valence-corrected chi connectivity index (χ2v) is 4.03. The first-order valence-electron chi connectivity index (χ1n) is 5.37. The zero-order valence-electron chi connectivity index (χ0n) is 10.5. The third-order valence-corrected chi connectivity index (χ3v) is 2.60. The van der Waals surface area contributed by atoms with E-state index >= 15 is 0 Å². The third-order valence-electron chi connectivity index (χ3n) is 2.60. The van der Waals surface area contributed by atoms with Gasteiger partial charge in [-0.25, -0.2) is 0 Å². The van der Waals surface area contributed by atoms with Crippen molar-refractivity contribution in [2.24, 2.45) is 0 Å². The molecular weight excluding hydrogens is 248 g/mol. The largest absolute Gasteiger partial charge is 0.484 e. The van der Waals surface area contributed by atoms with Crippen molar-refractivity contribution in [1.29, 1.82) is 10.5 Å². The summed E-state index contributed by atoms with van der Waals surface area (Å²) < 4.78 is 5.31. The van der Waals surface area contributed by atoms with Crippen LogP contribution < -0.4 is 10.1 Å². The van der Waals surface area contributed by atoms with Crippen LogP contribution in [-0.4, -0.2) is 24.1 Å². The average Bonchev–Trinajstić information content (AvgIpc) is 2.44. The molecule has 0 heterocycles. The molecule has 0 spiro atoms. The fourth-order valence-corrected chi connectivity index (χ4v) is 1.23. The molecule has 0 radical (unpaired) electrons. The maximum Gasteiger partial charge on any atom is 0.312 e. The van der Waals surface area contributed by atoms with Crippen molar-refractivity contribution in [3.63, 3.8) is 0 Å². The third kappa shape index (κ3) is 3.41. The van der Waals surface area contributed by atoms with E-state index < -0.39 is 10.5 Å². The van der Waals surface area contributed by atoms with Crippen LogP contribution >= 0.6 is 0 Å². The van der Waals surface area contributed by atoms with E-state index in [9.17, 15) is 10.1 Å². The van der Waals surface area contributed by atoms with Gasteiger partial charge in [-0.2, -0.15) is 10.5 Å². The molecule has 0 amide bonds. The van der Waals surface area contributed by atoms with Crippen LogP contribution in [0.1, 0.15) is 12.5 Å². The lowest BCUT2D eigenvalue weighted by atomic mass is 10.1. The Hall–Kier alpha value is -2.64. The van der Waals surface area contributed by atoms with Crippen molar-refractivity contribution in [2.45, 2.75) is 12.5 Å². The van der Waals surface area contributed by atoms with Crippen LogP contribution in [0.4, 0.5) is 5.69 Å². The van der Waals surface area contributed by atoms with Crippen LogP contribution in [0.5, 0.6) is 5.75 Å². The number of hydrogen-bond donors (Lipinski definition) is 1. The predicted octanol–water partition coefficient (Wildman–Crippen LogP) is 1.35. The van der Waals surface area contributed by atoms with E-state index in [0.29, 0.717) is 0 Å². The second-order valence-electron chi connectivity index (χ2n) is 4.03. The molecule has 1 N–H and O–H groups in total. The van der Waals surface area contributed by atoms with Crippen molar-refractivity contribution in [1.82, 2.24) is 5.32 Å². The zero-order chi connectivity index (χ0) is 14.5. The highest BCUT2D eigenvalue weighted by Crippen LogP contribution is 2.28. The molecule has 0 bridgehead atoms. The van der Waals surface area contributed by atoms with Gasteiger partial charge in [-0.05, 0) is 26.1 Å². The van der Waals surface area contributed by atoms with Gasteiger partial charge >= 0.3 is 5.69 Å². The summed E-state index contributed by atoms with van der Waals surface area (Å²) in [6, 6.07) is 7.74. The van der Waals surface area contributed by atoms with Crippen molar-refractivity contribution >= 4 is 5.69 Å². The first-order valence-corrected chi connectivity index (χ1v) is 5.37. The molecule has 19 heavy (non-hydrogen) atoms. The van der Waals surface area contributed by atoms with E-state index in [1.807, 2.05) is 12.1 Å². The topological polar surface area (TPSA) is 112 Å². The van der Waals surface area contributed by atoms with E-state index in [1.165, 1.54) is 12.1 Å². The zero-order valence-corrected chi connectivity index (χ0v) is 10.5. The van der Waals surface area contributed by atoms with Gasteiger partial charge in [-0.3, -0.25) is 15.4 Å². The number of hydrogen-bond acceptors (Lipinski definition) is 6. The highest BCUT2D eigenvalue weighted by atomic mass is 16.6. The van der Waals surface area contributed by atoms with Crippen LogP contribution in [0, 0.1) is 32.8 Å². The second kappa shape index (κ2) is 5.80. The highest BCUT2D eigenvalue weighted by Gasteiger charge is 2.24. The first-order chi connectivity index (χ1) is 8.95. The molecule has 7 heteroatoms. The molecule has 0 aromatic heterocycles. The minimum absolute atomic E-state index is 0.0284. The SMILES string of the molecule is CNC(C)(C#N)COc1ccc(C#N)cc1[N+](=O)[O-]. The predicted molar refractivity (Wildman–Crippen MR) is 66.4 cm³/mol. The van der Waals surface area contributed by atoms with E-state index in [1.54, 1.807) is 14.0 Å². The van der Waals surface area contributed by atoms with Gasteiger partial charge in [0.2, 0.25) is 0 Å². The number of nitriles is 2. The number of nitro groups is 1. The molecule has 1 atom stereocenters. The molecular formula is C12H12N4O3. The van der Waals surface area contributed by atoms with Crippen molar-refractivity contribution < 1.29 is 9.66 Å². The minimum atomic E-state index is -0.943. The summed E-state index contributed by atoms with van der Waals surface area (Å²) in [5, 5.41) is 31.3. The van der Waals surface area contributed by atoms with Crippen LogP contribution in [-0.2, 0) is 0 Å². The summed E-state index contributed by atoms with van der Waals surface area (Å²) in [6.45, 7) is 1.56. The number of nitro benzene ring substituents is 1. The summed E-state index contributed by atoms with van der Waals surface area (Å²) in [6.07, 6.45) is 0. The number of benzene rings is 1. The Morgan fingerprint density at radius 3 is 2.68 bits per heavy atom. The summed E-state index contributed by atoms with van der Waals surface area (Å²) in [4.78, 5) is 10.3. The Kier molecular flexibility index (Phi) is 4.41. The maximum absolute atomic E-state index is 10.9. The molecule has 1 rings (SSSR count). The van der Waals surface area contributed by atoms with E-state index in [-0.39, 0.29) is 23.6 Å². The van der Waals surface area contributed by atoms with Crippen LogP contribution in [0.15, 0.2) is 18.2 Å². The lowest BCUT2D eigenvalue weighted by molar-refractivity contribution is -0.385. The first kappa shape index (κ1) is 14.4. The minimum Gasteiger partial charge on any atom is -0.484 e. The molecule has 0 aliphatic carbocycles. The molecule has 98 valence electrons. The Balaban J connectivity index is 3.00. The molecule has 0 saturated heterocycles. The van der Waals surface area contributed by atoms with Crippen LogP contribution in [0.25, 0.3) is 0 Å².